The highest BCUT2D eigenvalue weighted by Gasteiger charge is 2.34. The minimum absolute atomic E-state index is 0.208. The van der Waals surface area contributed by atoms with Crippen molar-refractivity contribution in [2.45, 2.75) is 92.9 Å². The molecule has 0 radical (unpaired) electrons. The summed E-state index contributed by atoms with van der Waals surface area (Å²) < 4.78 is 0. The third-order valence-corrected chi connectivity index (χ3v) is 5.50. The molecule has 0 atom stereocenters. The van der Waals surface area contributed by atoms with Gasteiger partial charge in [-0.25, -0.2) is 0 Å². The quantitative estimate of drug-likeness (QED) is 0.129. The van der Waals surface area contributed by atoms with E-state index in [-0.39, 0.29) is 29.3 Å². The number of carbonyl (C=O) groups excluding carboxylic acids is 2. The van der Waals surface area contributed by atoms with E-state index in [1.54, 1.807) is 0 Å². The molecule has 0 aromatic carbocycles. The van der Waals surface area contributed by atoms with Gasteiger partial charge in [-0.05, 0) is 62.5 Å². The fourth-order valence-electron chi connectivity index (χ4n) is 3.60. The highest BCUT2D eigenvalue weighted by molar-refractivity contribution is 6.24. The molecule has 5 heteroatoms. The second kappa shape index (κ2) is 14.7. The van der Waals surface area contributed by atoms with Crippen molar-refractivity contribution in [3.05, 3.63) is 51.2 Å². The molecule has 1 rings (SSSR count). The van der Waals surface area contributed by atoms with Crippen LogP contribution in [0.3, 0.4) is 0 Å². The van der Waals surface area contributed by atoms with Crippen LogP contribution in [-0.4, -0.2) is 18.1 Å². The van der Waals surface area contributed by atoms with E-state index < -0.39 is 0 Å². The Morgan fingerprint density at radius 2 is 1.75 bits per heavy atom. The van der Waals surface area contributed by atoms with Crippen LogP contribution in [0.5, 0.6) is 0 Å². The van der Waals surface area contributed by atoms with Crippen LogP contribution in [0.4, 0.5) is 0 Å². The van der Waals surface area contributed by atoms with Crippen molar-refractivity contribution in [1.29, 1.82) is 0 Å². The van der Waals surface area contributed by atoms with Crippen molar-refractivity contribution in [3.8, 4) is 0 Å². The minimum atomic E-state index is -0.387. The lowest BCUT2D eigenvalue weighted by molar-refractivity contribution is -0.117. The first-order valence-corrected chi connectivity index (χ1v) is 12.2. The van der Waals surface area contributed by atoms with Crippen LogP contribution in [0, 0.1) is 16.7 Å². The molecule has 0 fully saturated rings. The fraction of sp³-hybridized carbons (Fsp3) is 0.630. The maximum absolute atomic E-state index is 13.3. The SMILES string of the molecule is CCCCCC1=C(NCC(C)C)C(=O)C(C/C=C(\C)CCC/C=C\C(C)C)=C(N=O)C1=O. The van der Waals surface area contributed by atoms with Crippen LogP contribution in [-0.2, 0) is 9.59 Å². The molecule has 5 nitrogen and oxygen atoms in total. The van der Waals surface area contributed by atoms with E-state index in [0.717, 1.165) is 44.1 Å². The highest BCUT2D eigenvalue weighted by Crippen LogP contribution is 2.30. The topological polar surface area (TPSA) is 75.6 Å². The molecule has 0 bridgehead atoms. The molecule has 0 amide bonds. The molecular weight excluding hydrogens is 400 g/mol. The third-order valence-electron chi connectivity index (χ3n) is 5.50. The Bertz CT molecular complexity index is 783. The molecule has 1 aliphatic rings. The minimum Gasteiger partial charge on any atom is -0.381 e. The van der Waals surface area contributed by atoms with Gasteiger partial charge in [-0.15, -0.1) is 4.91 Å². The van der Waals surface area contributed by atoms with E-state index in [1.165, 1.54) is 0 Å². The van der Waals surface area contributed by atoms with Crippen molar-refractivity contribution in [3.63, 3.8) is 0 Å². The maximum atomic E-state index is 13.3. The molecule has 0 saturated carbocycles. The van der Waals surface area contributed by atoms with Crippen molar-refractivity contribution in [2.75, 3.05) is 6.54 Å². The summed E-state index contributed by atoms with van der Waals surface area (Å²) in [7, 11) is 0. The third kappa shape index (κ3) is 9.05. The van der Waals surface area contributed by atoms with Gasteiger partial charge in [0.25, 0.3) is 0 Å². The van der Waals surface area contributed by atoms with E-state index in [1.807, 2.05) is 13.0 Å². The summed E-state index contributed by atoms with van der Waals surface area (Å²) in [6.45, 7) is 13.1. The normalized spacial score (nSPS) is 15.7. The Morgan fingerprint density at radius 3 is 2.34 bits per heavy atom. The number of Topliss-reactive ketones (excluding diaryl/α,β-unsaturated/α-hetero) is 2. The smallest absolute Gasteiger partial charge is 0.213 e. The fourth-order valence-corrected chi connectivity index (χ4v) is 3.60. The Morgan fingerprint density at radius 1 is 1.03 bits per heavy atom. The number of carbonyl (C=O) groups is 2. The monoisotopic (exact) mass is 442 g/mol. The zero-order valence-electron chi connectivity index (χ0n) is 20.9. The number of nitroso groups, excluding NO2 is 1. The van der Waals surface area contributed by atoms with Gasteiger partial charge in [-0.3, -0.25) is 9.59 Å². The Kier molecular flexibility index (Phi) is 12.7. The number of ketones is 2. The number of unbranched alkanes of at least 4 members (excludes halogenated alkanes) is 3. The van der Waals surface area contributed by atoms with Crippen molar-refractivity contribution in [1.82, 2.24) is 5.32 Å². The Labute approximate surface area is 194 Å². The van der Waals surface area contributed by atoms with Gasteiger partial charge in [-0.1, -0.05) is 71.3 Å². The van der Waals surface area contributed by atoms with Crippen LogP contribution >= 0.6 is 0 Å². The maximum Gasteiger partial charge on any atom is 0.213 e. The summed E-state index contributed by atoms with van der Waals surface area (Å²) in [4.78, 5) is 37.9. The number of nitrogens with zero attached hydrogens (tertiary/aromatic N) is 1. The van der Waals surface area contributed by atoms with Crippen molar-refractivity contribution in [2.24, 2.45) is 17.0 Å². The molecule has 0 aromatic rings. The average Bonchev–Trinajstić information content (AvgIpc) is 2.73. The van der Waals surface area contributed by atoms with Gasteiger partial charge >= 0.3 is 0 Å². The van der Waals surface area contributed by atoms with Gasteiger partial charge in [0, 0.05) is 17.7 Å². The highest BCUT2D eigenvalue weighted by atomic mass is 16.3. The van der Waals surface area contributed by atoms with Gasteiger partial charge in [0.05, 0.1) is 5.70 Å². The van der Waals surface area contributed by atoms with Crippen LogP contribution in [0.1, 0.15) is 92.9 Å². The van der Waals surface area contributed by atoms with E-state index in [2.05, 4.69) is 57.3 Å². The van der Waals surface area contributed by atoms with E-state index >= 15 is 0 Å². The molecule has 1 aliphatic carbocycles. The van der Waals surface area contributed by atoms with Crippen LogP contribution in [0.2, 0.25) is 0 Å². The summed E-state index contributed by atoms with van der Waals surface area (Å²) in [6.07, 6.45) is 12.9. The van der Waals surface area contributed by atoms with Crippen LogP contribution < -0.4 is 5.32 Å². The van der Waals surface area contributed by atoms with Gasteiger partial charge in [0.15, 0.2) is 5.70 Å². The Balaban J connectivity index is 3.01. The second-order valence-corrected chi connectivity index (χ2v) is 9.48. The summed E-state index contributed by atoms with van der Waals surface area (Å²) in [6, 6.07) is 0. The number of rotatable bonds is 15. The largest absolute Gasteiger partial charge is 0.381 e. The number of allylic oxidation sites excluding steroid dienone is 6. The van der Waals surface area contributed by atoms with Crippen molar-refractivity contribution < 1.29 is 9.59 Å². The molecule has 178 valence electrons. The van der Waals surface area contributed by atoms with Crippen molar-refractivity contribution >= 4 is 11.6 Å². The van der Waals surface area contributed by atoms with E-state index in [4.69, 9.17) is 0 Å². The lowest BCUT2D eigenvalue weighted by Crippen LogP contribution is -2.33. The molecule has 32 heavy (non-hydrogen) atoms. The van der Waals surface area contributed by atoms with Gasteiger partial charge < -0.3 is 5.32 Å². The lowest BCUT2D eigenvalue weighted by Gasteiger charge is -2.22. The summed E-state index contributed by atoms with van der Waals surface area (Å²) in [5.41, 5.74) is 1.94. The predicted octanol–water partition coefficient (Wildman–Crippen LogP) is 6.96. The van der Waals surface area contributed by atoms with Gasteiger partial charge in [0.1, 0.15) is 0 Å². The van der Waals surface area contributed by atoms with Gasteiger partial charge in [-0.2, -0.15) is 0 Å². The first-order valence-electron chi connectivity index (χ1n) is 12.2. The molecule has 0 heterocycles. The van der Waals surface area contributed by atoms with Crippen LogP contribution in [0.25, 0.3) is 0 Å². The first-order chi connectivity index (χ1) is 15.2. The first kappa shape index (κ1) is 27.7. The summed E-state index contributed by atoms with van der Waals surface area (Å²) in [5.74, 6) is 0.241. The molecule has 0 spiro atoms. The Hall–Kier alpha value is -2.30. The molecule has 0 saturated heterocycles. The zero-order chi connectivity index (χ0) is 24.1. The number of hydrogen-bond donors (Lipinski definition) is 1. The van der Waals surface area contributed by atoms with Crippen LogP contribution in [0.15, 0.2) is 51.5 Å². The molecular formula is C27H42N2O3. The van der Waals surface area contributed by atoms with E-state index in [0.29, 0.717) is 36.1 Å². The average molecular weight is 443 g/mol. The predicted molar refractivity (Wildman–Crippen MR) is 133 cm³/mol. The number of hydrogen-bond acceptors (Lipinski definition) is 5. The lowest BCUT2D eigenvalue weighted by atomic mass is 9.86. The zero-order valence-corrected chi connectivity index (χ0v) is 20.9. The molecule has 1 N–H and O–H groups in total. The van der Waals surface area contributed by atoms with E-state index in [9.17, 15) is 14.5 Å². The summed E-state index contributed by atoms with van der Waals surface area (Å²) in [5, 5.41) is 6.21. The molecule has 0 aliphatic heterocycles. The standard InChI is InChI=1S/C27H42N2O3/c1-7-8-10-15-22-24(28-18-20(4)5)26(30)23(25(29-32)27(22)31)17-16-21(6)14-12-9-11-13-19(2)3/h11,13,16,19-20,28H,7-10,12,14-15,17-18H2,1-6H3/b13-11-,21-16+. The number of nitrogens with one attached hydrogen (secondary N) is 1. The summed E-state index contributed by atoms with van der Waals surface area (Å²) >= 11 is 0. The molecule has 0 unspecified atom stereocenters. The van der Waals surface area contributed by atoms with Gasteiger partial charge in [0.2, 0.25) is 11.6 Å². The molecule has 0 aromatic heterocycles. The second-order valence-electron chi connectivity index (χ2n) is 9.48.